The average Bonchev–Trinajstić information content (AvgIpc) is 3.33. The largest absolute Gasteiger partial charge is 0.493 e. The molecular formula is C31H43N3O4. The van der Waals surface area contributed by atoms with E-state index in [2.05, 4.69) is 37.9 Å². The Kier molecular flexibility index (Phi) is 11.1. The first-order chi connectivity index (χ1) is 18.4. The smallest absolute Gasteiger partial charge is 0.242 e. The summed E-state index contributed by atoms with van der Waals surface area (Å²) >= 11 is 0. The summed E-state index contributed by atoms with van der Waals surface area (Å²) in [5, 5.41) is 1.17. The number of nitrogens with zero attached hydrogens (tertiary/aromatic N) is 2. The maximum Gasteiger partial charge on any atom is 0.242 e. The zero-order chi connectivity index (χ0) is 27.5. The molecule has 0 radical (unpaired) electrons. The number of methoxy groups -OCH3 is 2. The molecule has 0 atom stereocenters. The normalized spacial score (nSPS) is 11.1. The lowest BCUT2D eigenvalue weighted by molar-refractivity contribution is -0.141. The fourth-order valence-electron chi connectivity index (χ4n) is 4.73. The third kappa shape index (κ3) is 8.01. The van der Waals surface area contributed by atoms with Gasteiger partial charge >= 0.3 is 0 Å². The summed E-state index contributed by atoms with van der Waals surface area (Å²) in [5.74, 6) is 1.56. The summed E-state index contributed by atoms with van der Waals surface area (Å²) in [4.78, 5) is 33.7. The van der Waals surface area contributed by atoms with Crippen molar-refractivity contribution in [3.8, 4) is 11.5 Å². The second-order valence-electron chi connectivity index (χ2n) is 10.2. The molecule has 1 N–H and O–H groups in total. The Morgan fingerprint density at radius 2 is 1.71 bits per heavy atom. The van der Waals surface area contributed by atoms with E-state index in [1.807, 2.05) is 41.4 Å². The molecule has 2 aromatic carbocycles. The van der Waals surface area contributed by atoms with Gasteiger partial charge < -0.3 is 24.3 Å². The molecule has 0 aliphatic rings. The quantitative estimate of drug-likeness (QED) is 0.256. The molecule has 7 nitrogen and oxygen atoms in total. The van der Waals surface area contributed by atoms with Crippen molar-refractivity contribution in [3.05, 3.63) is 59.8 Å². The number of carbonyl (C=O) groups is 2. The average molecular weight is 522 g/mol. The molecule has 3 rings (SSSR count). The molecule has 2 amide bonds. The number of aromatic amines is 1. The summed E-state index contributed by atoms with van der Waals surface area (Å²) in [6.07, 6.45) is 6.14. The third-order valence-corrected chi connectivity index (χ3v) is 6.76. The summed E-state index contributed by atoms with van der Waals surface area (Å²) in [6, 6.07) is 13.9. The van der Waals surface area contributed by atoms with Gasteiger partial charge in [-0.25, -0.2) is 0 Å². The molecule has 38 heavy (non-hydrogen) atoms. The first-order valence-electron chi connectivity index (χ1n) is 13.7. The lowest BCUT2D eigenvalue weighted by Gasteiger charge is -2.29. The number of benzene rings is 2. The van der Waals surface area contributed by atoms with Crippen LogP contribution in [0.2, 0.25) is 0 Å². The molecule has 1 aromatic heterocycles. The molecule has 1 heterocycles. The Hall–Kier alpha value is -3.48. The van der Waals surface area contributed by atoms with Crippen LogP contribution in [0.5, 0.6) is 11.5 Å². The number of nitrogens with one attached hydrogen (secondary N) is 1. The van der Waals surface area contributed by atoms with E-state index in [1.54, 1.807) is 19.1 Å². The molecule has 0 saturated carbocycles. The Morgan fingerprint density at radius 3 is 2.42 bits per heavy atom. The van der Waals surface area contributed by atoms with E-state index in [4.69, 9.17) is 9.47 Å². The lowest BCUT2D eigenvalue weighted by atomic mass is 10.1. The zero-order valence-corrected chi connectivity index (χ0v) is 23.6. The molecule has 0 aliphatic heterocycles. The number of carbonyl (C=O) groups excluding carboxylic acids is 2. The van der Waals surface area contributed by atoms with Crippen LogP contribution < -0.4 is 9.47 Å². The van der Waals surface area contributed by atoms with Crippen molar-refractivity contribution in [1.29, 1.82) is 0 Å². The van der Waals surface area contributed by atoms with Gasteiger partial charge in [-0.3, -0.25) is 9.59 Å². The lowest BCUT2D eigenvalue weighted by Crippen LogP contribution is -2.44. The Balaban J connectivity index is 1.81. The van der Waals surface area contributed by atoms with Gasteiger partial charge in [0.05, 0.1) is 20.8 Å². The van der Waals surface area contributed by atoms with Crippen LogP contribution in [0.25, 0.3) is 10.9 Å². The van der Waals surface area contributed by atoms with Crippen LogP contribution >= 0.6 is 0 Å². The molecule has 0 bridgehead atoms. The second-order valence-corrected chi connectivity index (χ2v) is 10.2. The van der Waals surface area contributed by atoms with Gasteiger partial charge in [0.15, 0.2) is 11.5 Å². The van der Waals surface area contributed by atoms with Gasteiger partial charge in [0.25, 0.3) is 0 Å². The van der Waals surface area contributed by atoms with Crippen molar-refractivity contribution >= 4 is 22.7 Å². The predicted octanol–water partition coefficient (Wildman–Crippen LogP) is 5.82. The van der Waals surface area contributed by atoms with Gasteiger partial charge in [-0.2, -0.15) is 0 Å². The van der Waals surface area contributed by atoms with Gasteiger partial charge in [0.2, 0.25) is 11.8 Å². The summed E-state index contributed by atoms with van der Waals surface area (Å²) in [5.41, 5.74) is 3.20. The number of unbranched alkanes of at least 4 members (excludes halogenated alkanes) is 2. The molecule has 0 saturated heterocycles. The maximum atomic E-state index is 13.7. The van der Waals surface area contributed by atoms with Crippen LogP contribution in [0, 0.1) is 5.92 Å². The highest BCUT2D eigenvalue weighted by molar-refractivity contribution is 5.85. The number of hydrogen-bond acceptors (Lipinski definition) is 4. The van der Waals surface area contributed by atoms with Crippen molar-refractivity contribution in [2.75, 3.05) is 33.9 Å². The minimum absolute atomic E-state index is 0.0517. The SMILES string of the molecule is CCCCCC(=O)N(CC(=O)N(CCc1c[nH]c2ccccc12)Cc1ccc(OC)c(OC)c1)CC(C)C. The molecule has 3 aromatic rings. The highest BCUT2D eigenvalue weighted by atomic mass is 16.5. The van der Waals surface area contributed by atoms with Crippen molar-refractivity contribution in [1.82, 2.24) is 14.8 Å². The van der Waals surface area contributed by atoms with Crippen molar-refractivity contribution in [2.45, 2.75) is 59.4 Å². The molecule has 206 valence electrons. The van der Waals surface area contributed by atoms with Crippen molar-refractivity contribution in [2.24, 2.45) is 5.92 Å². The number of H-pyrrole nitrogens is 1. The fraction of sp³-hybridized carbons (Fsp3) is 0.484. The standard InChI is InChI=1S/C31H43N3O4/c1-6-7-8-13-30(35)34(20-23(2)3)22-31(36)33(21-24-14-15-28(37-4)29(18-24)38-5)17-16-25-19-32-27-12-10-9-11-26(25)27/h9-12,14-15,18-19,23,32H,6-8,13,16-17,20-22H2,1-5H3. The van der Waals surface area contributed by atoms with Gasteiger partial charge in [-0.1, -0.05) is 57.9 Å². The highest BCUT2D eigenvalue weighted by Crippen LogP contribution is 2.28. The van der Waals surface area contributed by atoms with Crippen LogP contribution in [-0.2, 0) is 22.6 Å². The maximum absolute atomic E-state index is 13.7. The summed E-state index contributed by atoms with van der Waals surface area (Å²) < 4.78 is 10.9. The van der Waals surface area contributed by atoms with Crippen LogP contribution in [0.3, 0.4) is 0 Å². The Bertz CT molecular complexity index is 1190. The number of ether oxygens (including phenoxy) is 2. The van der Waals surface area contributed by atoms with E-state index < -0.39 is 0 Å². The van der Waals surface area contributed by atoms with E-state index in [0.29, 0.717) is 44.0 Å². The Morgan fingerprint density at radius 1 is 0.947 bits per heavy atom. The van der Waals surface area contributed by atoms with Gasteiger partial charge in [0, 0.05) is 43.2 Å². The van der Waals surface area contributed by atoms with Crippen molar-refractivity contribution < 1.29 is 19.1 Å². The van der Waals surface area contributed by atoms with Crippen LogP contribution in [0.1, 0.15) is 57.6 Å². The zero-order valence-electron chi connectivity index (χ0n) is 23.6. The van der Waals surface area contributed by atoms with Crippen LogP contribution in [-0.4, -0.2) is 60.5 Å². The topological polar surface area (TPSA) is 74.9 Å². The minimum atomic E-state index is -0.0517. The number of rotatable bonds is 15. The second kappa shape index (κ2) is 14.5. The van der Waals surface area contributed by atoms with E-state index in [0.717, 1.165) is 30.3 Å². The van der Waals surface area contributed by atoms with Gasteiger partial charge in [-0.15, -0.1) is 0 Å². The first-order valence-corrected chi connectivity index (χ1v) is 13.7. The molecule has 0 unspecified atom stereocenters. The molecular weight excluding hydrogens is 478 g/mol. The monoisotopic (exact) mass is 521 g/mol. The predicted molar refractivity (Wildman–Crippen MR) is 153 cm³/mol. The van der Waals surface area contributed by atoms with E-state index in [1.165, 1.54) is 10.9 Å². The molecule has 0 spiro atoms. The van der Waals surface area contributed by atoms with E-state index in [9.17, 15) is 9.59 Å². The van der Waals surface area contributed by atoms with E-state index >= 15 is 0 Å². The van der Waals surface area contributed by atoms with Gasteiger partial charge in [0.1, 0.15) is 0 Å². The minimum Gasteiger partial charge on any atom is -0.493 e. The molecule has 0 fully saturated rings. The number of aromatic nitrogens is 1. The highest BCUT2D eigenvalue weighted by Gasteiger charge is 2.23. The molecule has 7 heteroatoms. The van der Waals surface area contributed by atoms with Gasteiger partial charge in [-0.05, 0) is 48.1 Å². The van der Waals surface area contributed by atoms with Crippen LogP contribution in [0.15, 0.2) is 48.7 Å². The summed E-state index contributed by atoms with van der Waals surface area (Å²) in [7, 11) is 3.21. The number of amides is 2. The third-order valence-electron chi connectivity index (χ3n) is 6.76. The summed E-state index contributed by atoms with van der Waals surface area (Å²) in [6.45, 7) is 7.90. The number of hydrogen-bond donors (Lipinski definition) is 1. The van der Waals surface area contributed by atoms with Crippen molar-refractivity contribution in [3.63, 3.8) is 0 Å². The molecule has 0 aliphatic carbocycles. The van der Waals surface area contributed by atoms with E-state index in [-0.39, 0.29) is 24.3 Å². The fourth-order valence-corrected chi connectivity index (χ4v) is 4.73. The Labute approximate surface area is 227 Å². The van der Waals surface area contributed by atoms with Crippen LogP contribution in [0.4, 0.5) is 0 Å². The number of fused-ring (bicyclic) bond motifs is 1. The first kappa shape index (κ1) is 29.1. The number of para-hydroxylation sites is 1.